The molecular formula is C8H9N5O. The monoisotopic (exact) mass is 191 g/mol. The lowest BCUT2D eigenvalue weighted by Gasteiger charge is -2.12. The zero-order valence-electron chi connectivity index (χ0n) is 7.59. The summed E-state index contributed by atoms with van der Waals surface area (Å²) in [5, 5.41) is 8.48. The Bertz CT molecular complexity index is 523. The van der Waals surface area contributed by atoms with Crippen molar-refractivity contribution in [2.45, 2.75) is 13.5 Å². The summed E-state index contributed by atoms with van der Waals surface area (Å²) in [6, 6.07) is 1.75. The van der Waals surface area contributed by atoms with Gasteiger partial charge in [-0.15, -0.1) is 0 Å². The van der Waals surface area contributed by atoms with Crippen LogP contribution in [0.2, 0.25) is 0 Å². The molecule has 3 rings (SSSR count). The number of fused-ring (bicyclic) bond motifs is 3. The van der Waals surface area contributed by atoms with Crippen LogP contribution in [0.4, 0.5) is 10.6 Å². The van der Waals surface area contributed by atoms with Crippen molar-refractivity contribution in [3.8, 4) is 0 Å². The van der Waals surface area contributed by atoms with E-state index in [2.05, 4.69) is 20.7 Å². The highest BCUT2D eigenvalue weighted by molar-refractivity contribution is 5.91. The Labute approximate surface area is 79.3 Å². The van der Waals surface area contributed by atoms with Crippen molar-refractivity contribution in [3.63, 3.8) is 0 Å². The number of imidazole rings is 1. The zero-order valence-corrected chi connectivity index (χ0v) is 7.59. The van der Waals surface area contributed by atoms with E-state index in [9.17, 15) is 4.79 Å². The molecule has 0 unspecified atom stereocenters. The first kappa shape index (κ1) is 7.43. The molecule has 1 aliphatic rings. The predicted molar refractivity (Wildman–Crippen MR) is 50.1 cm³/mol. The molecule has 0 radical (unpaired) electrons. The maximum Gasteiger partial charge on any atom is 0.320 e. The second-order valence-corrected chi connectivity index (χ2v) is 3.35. The van der Waals surface area contributed by atoms with Gasteiger partial charge in [0.1, 0.15) is 5.69 Å². The molecule has 0 saturated heterocycles. The predicted octanol–water partition coefficient (Wildman–Crippen LogP) is 0.606. The van der Waals surface area contributed by atoms with Gasteiger partial charge in [-0.3, -0.25) is 10.4 Å². The average Bonchev–Trinajstić information content (AvgIpc) is 2.62. The zero-order chi connectivity index (χ0) is 9.71. The standard InChI is InChI=1S/C8H9N5O/c1-4-2-6-10-5-3-9-8(14)11-7(5)13(6)12-4/h2,12H,3H2,1H3,(H2,9,11,14). The summed E-state index contributed by atoms with van der Waals surface area (Å²) in [7, 11) is 0. The van der Waals surface area contributed by atoms with Crippen molar-refractivity contribution in [1.82, 2.24) is 19.9 Å². The molecule has 3 heterocycles. The Morgan fingerprint density at radius 2 is 2.43 bits per heavy atom. The number of nitrogens with one attached hydrogen (secondary N) is 3. The van der Waals surface area contributed by atoms with Gasteiger partial charge in [0.25, 0.3) is 0 Å². The Balaban J connectivity index is 2.27. The highest BCUT2D eigenvalue weighted by Crippen LogP contribution is 2.20. The van der Waals surface area contributed by atoms with Gasteiger partial charge in [-0.1, -0.05) is 0 Å². The number of carbonyl (C=O) groups is 1. The molecule has 2 amide bonds. The third kappa shape index (κ3) is 0.847. The Kier molecular flexibility index (Phi) is 1.21. The van der Waals surface area contributed by atoms with Crippen molar-refractivity contribution < 1.29 is 4.79 Å². The van der Waals surface area contributed by atoms with Crippen molar-refractivity contribution >= 4 is 17.5 Å². The Morgan fingerprint density at radius 1 is 1.57 bits per heavy atom. The summed E-state index contributed by atoms with van der Waals surface area (Å²) in [5.41, 5.74) is 2.70. The number of anilines is 1. The van der Waals surface area contributed by atoms with Gasteiger partial charge >= 0.3 is 6.03 Å². The van der Waals surface area contributed by atoms with Crippen molar-refractivity contribution in [3.05, 3.63) is 17.5 Å². The maximum atomic E-state index is 11.1. The van der Waals surface area contributed by atoms with E-state index in [1.54, 1.807) is 4.52 Å². The first-order chi connectivity index (χ1) is 6.74. The number of hydrogen-bond acceptors (Lipinski definition) is 2. The summed E-state index contributed by atoms with van der Waals surface area (Å²) < 4.78 is 1.78. The van der Waals surface area contributed by atoms with Gasteiger partial charge in [-0.25, -0.2) is 14.3 Å². The number of aromatic nitrogens is 3. The number of amides is 2. The van der Waals surface area contributed by atoms with Crippen molar-refractivity contribution in [1.29, 1.82) is 0 Å². The number of nitrogens with zero attached hydrogens (tertiary/aromatic N) is 2. The number of carbonyl (C=O) groups excluding carboxylic acids is 1. The minimum Gasteiger partial charge on any atom is -0.332 e. The van der Waals surface area contributed by atoms with Crippen molar-refractivity contribution in [2.75, 3.05) is 5.32 Å². The van der Waals surface area contributed by atoms with Gasteiger partial charge in [-0.2, -0.15) is 0 Å². The second kappa shape index (κ2) is 2.28. The largest absolute Gasteiger partial charge is 0.332 e. The highest BCUT2D eigenvalue weighted by Gasteiger charge is 2.20. The number of urea groups is 1. The van der Waals surface area contributed by atoms with E-state index in [1.165, 1.54) is 0 Å². The van der Waals surface area contributed by atoms with Gasteiger partial charge in [0.2, 0.25) is 0 Å². The minimum absolute atomic E-state index is 0.188. The molecule has 0 aliphatic carbocycles. The third-order valence-electron chi connectivity index (χ3n) is 2.26. The van der Waals surface area contributed by atoms with Gasteiger partial charge in [-0.05, 0) is 6.92 Å². The van der Waals surface area contributed by atoms with E-state index in [0.717, 1.165) is 22.9 Å². The van der Waals surface area contributed by atoms with E-state index in [4.69, 9.17) is 0 Å². The number of H-pyrrole nitrogens is 1. The SMILES string of the molecule is Cc1cc2nc3c(n2[nH]1)NC(=O)NC3. The fraction of sp³-hybridized carbons (Fsp3) is 0.250. The van der Waals surface area contributed by atoms with E-state index < -0.39 is 0 Å². The molecule has 0 aromatic carbocycles. The quantitative estimate of drug-likeness (QED) is 0.570. The van der Waals surface area contributed by atoms with Crippen molar-refractivity contribution in [2.24, 2.45) is 0 Å². The molecule has 2 aromatic rings. The summed E-state index contributed by atoms with van der Waals surface area (Å²) in [6.07, 6.45) is 0. The van der Waals surface area contributed by atoms with Crippen LogP contribution < -0.4 is 10.6 Å². The summed E-state index contributed by atoms with van der Waals surface area (Å²) in [6.45, 7) is 2.43. The van der Waals surface area contributed by atoms with Crippen LogP contribution in [0.15, 0.2) is 6.07 Å². The van der Waals surface area contributed by atoms with Crippen LogP contribution in [-0.2, 0) is 6.54 Å². The summed E-state index contributed by atoms with van der Waals surface area (Å²) in [4.78, 5) is 15.5. The molecule has 2 aromatic heterocycles. The molecule has 0 bridgehead atoms. The molecule has 6 heteroatoms. The highest BCUT2D eigenvalue weighted by atomic mass is 16.2. The minimum atomic E-state index is -0.188. The fourth-order valence-corrected chi connectivity index (χ4v) is 1.66. The van der Waals surface area contributed by atoms with Crippen LogP contribution in [0.25, 0.3) is 5.65 Å². The molecule has 0 saturated carbocycles. The molecule has 1 aliphatic heterocycles. The Hall–Kier alpha value is -1.98. The molecule has 3 N–H and O–H groups in total. The lowest BCUT2D eigenvalue weighted by atomic mass is 10.4. The lowest BCUT2D eigenvalue weighted by Crippen LogP contribution is -2.33. The molecule has 0 fully saturated rings. The van der Waals surface area contributed by atoms with Gasteiger partial charge in [0.05, 0.1) is 6.54 Å². The second-order valence-electron chi connectivity index (χ2n) is 3.35. The first-order valence-electron chi connectivity index (χ1n) is 4.36. The molecule has 14 heavy (non-hydrogen) atoms. The van der Waals surface area contributed by atoms with E-state index in [0.29, 0.717) is 6.54 Å². The van der Waals surface area contributed by atoms with Crippen LogP contribution in [0.3, 0.4) is 0 Å². The average molecular weight is 191 g/mol. The first-order valence-corrected chi connectivity index (χ1v) is 4.36. The number of aryl methyl sites for hydroxylation is 1. The molecule has 6 nitrogen and oxygen atoms in total. The van der Waals surface area contributed by atoms with Crippen LogP contribution in [0.5, 0.6) is 0 Å². The topological polar surface area (TPSA) is 74.2 Å². The fourth-order valence-electron chi connectivity index (χ4n) is 1.66. The number of rotatable bonds is 0. The molecule has 72 valence electrons. The van der Waals surface area contributed by atoms with Crippen LogP contribution in [-0.4, -0.2) is 20.6 Å². The van der Waals surface area contributed by atoms with E-state index in [-0.39, 0.29) is 6.03 Å². The summed E-state index contributed by atoms with van der Waals surface area (Å²) >= 11 is 0. The molecule has 0 spiro atoms. The Morgan fingerprint density at radius 3 is 3.29 bits per heavy atom. The van der Waals surface area contributed by atoms with E-state index in [1.807, 2.05) is 13.0 Å². The van der Waals surface area contributed by atoms with Crippen LogP contribution in [0.1, 0.15) is 11.4 Å². The smallest absolute Gasteiger partial charge is 0.320 e. The number of hydrogen-bond donors (Lipinski definition) is 3. The normalized spacial score (nSPS) is 15.1. The lowest BCUT2D eigenvalue weighted by molar-refractivity contribution is 0.250. The van der Waals surface area contributed by atoms with Gasteiger partial charge < -0.3 is 5.32 Å². The third-order valence-corrected chi connectivity index (χ3v) is 2.26. The van der Waals surface area contributed by atoms with Crippen LogP contribution >= 0.6 is 0 Å². The van der Waals surface area contributed by atoms with Crippen LogP contribution in [0, 0.1) is 6.92 Å². The summed E-state index contributed by atoms with van der Waals surface area (Å²) in [5.74, 6) is 0.733. The van der Waals surface area contributed by atoms with E-state index >= 15 is 0 Å². The molecule has 0 atom stereocenters. The molecular weight excluding hydrogens is 182 g/mol. The van der Waals surface area contributed by atoms with Gasteiger partial charge in [0, 0.05) is 11.8 Å². The maximum absolute atomic E-state index is 11.1. The number of aromatic amines is 1. The van der Waals surface area contributed by atoms with Gasteiger partial charge in [0.15, 0.2) is 11.5 Å².